The molecular formula is C51H80N6O14. The highest BCUT2D eigenvalue weighted by Gasteiger charge is 2.44. The molecule has 0 saturated carbocycles. The van der Waals surface area contributed by atoms with E-state index in [4.69, 9.17) is 14.2 Å². The zero-order valence-electron chi connectivity index (χ0n) is 43.7. The quantitative estimate of drug-likeness (QED) is 0.0958. The van der Waals surface area contributed by atoms with Gasteiger partial charge in [0.15, 0.2) is 11.9 Å². The van der Waals surface area contributed by atoms with Crippen LogP contribution >= 0.6 is 0 Å². The number of aliphatic hydroxyl groups excluding tert-OH is 2. The summed E-state index contributed by atoms with van der Waals surface area (Å²) in [4.78, 5) is 129. The highest BCUT2D eigenvalue weighted by atomic mass is 16.6. The number of hydrogen-bond acceptors (Lipinski definition) is 14. The van der Waals surface area contributed by atoms with Crippen LogP contribution in [-0.4, -0.2) is 167 Å². The molecule has 0 radical (unpaired) electrons. The summed E-state index contributed by atoms with van der Waals surface area (Å²) in [6.07, 6.45) is -4.66. The number of nitrogens with one attached hydrogen (secondary N) is 3. The zero-order valence-corrected chi connectivity index (χ0v) is 43.7. The van der Waals surface area contributed by atoms with Gasteiger partial charge in [-0.05, 0) is 88.3 Å². The Bertz CT molecular complexity index is 2010. The molecule has 3 rings (SSSR count). The standard InChI is InChI=1S/C51H80N6O14/c1-13-30(6)42-39(59)27-41(61)71-45(29(4)5)44(62)31(7)46(63)52-36(25-28(2)3)49(66)57-24-16-17-37(57)50(67)56(11)38(26-34-19-21-35(69-12)22-20-34)51(68)70-33(9)43(47(64)54-42)53-40(60)18-14-15-23-55(10)48(65)32(8)58/h19-22,28-33,36-39,42-43,45,58-59H,13-18,23-27H2,1-12H3,(H,52,63)(H,53,60)(H,54,64)/t30-,31-,32-,33+,36-,37-,38-,39-,42+,43-,45-/m0/s1. The number of carbonyl (C=O) groups excluding carboxylic acids is 9. The highest BCUT2D eigenvalue weighted by molar-refractivity contribution is 6.05. The van der Waals surface area contributed by atoms with E-state index in [1.807, 2.05) is 13.8 Å². The number of likely N-dealkylation sites (N-methyl/N-ethyl adjacent to an activating group) is 2. The van der Waals surface area contributed by atoms with Crippen molar-refractivity contribution in [2.75, 3.05) is 34.3 Å². The lowest BCUT2D eigenvalue weighted by molar-refractivity contribution is -0.163. The van der Waals surface area contributed by atoms with Crippen molar-refractivity contribution in [3.8, 4) is 5.75 Å². The lowest BCUT2D eigenvalue weighted by Gasteiger charge is -2.35. The topological polar surface area (TPSA) is 268 Å². The Kier molecular flexibility index (Phi) is 23.4. The first-order chi connectivity index (χ1) is 33.3. The van der Waals surface area contributed by atoms with Crippen LogP contribution in [0.2, 0.25) is 0 Å². The molecule has 71 heavy (non-hydrogen) atoms. The normalized spacial score (nSPS) is 26.8. The van der Waals surface area contributed by atoms with Crippen LogP contribution in [0.4, 0.5) is 0 Å². The van der Waals surface area contributed by atoms with Crippen molar-refractivity contribution in [3.63, 3.8) is 0 Å². The number of unbranched alkanes of at least 4 members (excludes halogenated alkanes) is 1. The molecular weight excluding hydrogens is 921 g/mol. The number of amides is 6. The molecule has 2 aliphatic heterocycles. The zero-order chi connectivity index (χ0) is 53.4. The summed E-state index contributed by atoms with van der Waals surface area (Å²) >= 11 is 0. The van der Waals surface area contributed by atoms with Gasteiger partial charge in [0.25, 0.3) is 5.91 Å². The van der Waals surface area contributed by atoms with Gasteiger partial charge in [-0.2, -0.15) is 0 Å². The molecule has 5 N–H and O–H groups in total. The van der Waals surface area contributed by atoms with Crippen LogP contribution in [0.3, 0.4) is 0 Å². The maximum absolute atomic E-state index is 14.7. The van der Waals surface area contributed by atoms with Crippen molar-refractivity contribution < 1.29 is 67.6 Å². The molecule has 2 saturated heterocycles. The summed E-state index contributed by atoms with van der Waals surface area (Å²) in [5.41, 5.74) is 0.604. The van der Waals surface area contributed by atoms with Crippen LogP contribution < -0.4 is 20.7 Å². The van der Waals surface area contributed by atoms with Crippen molar-refractivity contribution in [1.82, 2.24) is 30.7 Å². The molecule has 20 nitrogen and oxygen atoms in total. The number of ether oxygens (including phenoxy) is 3. The van der Waals surface area contributed by atoms with E-state index >= 15 is 0 Å². The van der Waals surface area contributed by atoms with E-state index < -0.39 is 132 Å². The Hall–Kier alpha value is -5.63. The number of benzene rings is 1. The molecule has 1 aromatic rings. The summed E-state index contributed by atoms with van der Waals surface area (Å²) < 4.78 is 17.0. The van der Waals surface area contributed by atoms with Crippen molar-refractivity contribution in [3.05, 3.63) is 29.8 Å². The molecule has 0 aromatic heterocycles. The number of hydrogen-bond donors (Lipinski definition) is 5. The van der Waals surface area contributed by atoms with E-state index in [1.165, 1.54) is 56.7 Å². The second-order valence-corrected chi connectivity index (χ2v) is 19.9. The van der Waals surface area contributed by atoms with Gasteiger partial charge in [-0.25, -0.2) is 4.79 Å². The third kappa shape index (κ3) is 17.0. The minimum absolute atomic E-state index is 0.0820. The molecule has 2 fully saturated rings. The Morgan fingerprint density at radius 3 is 2.15 bits per heavy atom. The van der Waals surface area contributed by atoms with Gasteiger partial charge < -0.3 is 55.1 Å². The number of carbonyl (C=O) groups is 9. The van der Waals surface area contributed by atoms with Crippen LogP contribution in [-0.2, 0) is 59.0 Å². The number of ketones is 1. The minimum atomic E-state index is -1.59. The average molecular weight is 1000 g/mol. The predicted octanol–water partition coefficient (Wildman–Crippen LogP) is 2.08. The van der Waals surface area contributed by atoms with E-state index in [0.717, 1.165) is 0 Å². The van der Waals surface area contributed by atoms with Crippen LogP contribution in [0.15, 0.2) is 24.3 Å². The van der Waals surface area contributed by atoms with Crippen LogP contribution in [0.5, 0.6) is 5.75 Å². The number of esters is 2. The van der Waals surface area contributed by atoms with Crippen LogP contribution in [0, 0.1) is 23.7 Å². The third-order valence-electron chi connectivity index (χ3n) is 13.4. The third-order valence-corrected chi connectivity index (χ3v) is 13.4. The van der Waals surface area contributed by atoms with Gasteiger partial charge in [-0.1, -0.05) is 60.1 Å². The first-order valence-corrected chi connectivity index (χ1v) is 25.0. The molecule has 0 aliphatic carbocycles. The summed E-state index contributed by atoms with van der Waals surface area (Å²) in [7, 11) is 4.43. The molecule has 0 unspecified atom stereocenters. The number of aliphatic hydroxyl groups is 2. The van der Waals surface area contributed by atoms with Gasteiger partial charge in [0.2, 0.25) is 29.5 Å². The first kappa shape index (κ1) is 59.7. The number of rotatable bonds is 15. The number of cyclic esters (lactones) is 2. The Balaban J connectivity index is 2.16. The van der Waals surface area contributed by atoms with Gasteiger partial charge in [0.1, 0.15) is 42.1 Å². The van der Waals surface area contributed by atoms with Crippen molar-refractivity contribution in [2.24, 2.45) is 23.7 Å². The molecule has 2 heterocycles. The Morgan fingerprint density at radius 2 is 1.58 bits per heavy atom. The highest BCUT2D eigenvalue weighted by Crippen LogP contribution is 2.26. The number of fused-ring (bicyclic) bond motifs is 1. The maximum atomic E-state index is 14.7. The van der Waals surface area contributed by atoms with Crippen LogP contribution in [0.25, 0.3) is 0 Å². The summed E-state index contributed by atoms with van der Waals surface area (Å²) in [6, 6.07) is 0.514. The Labute approximate surface area is 418 Å². The van der Waals surface area contributed by atoms with Gasteiger partial charge in [-0.15, -0.1) is 0 Å². The van der Waals surface area contributed by atoms with Gasteiger partial charge in [0.05, 0.1) is 31.6 Å². The molecule has 11 atom stereocenters. The summed E-state index contributed by atoms with van der Waals surface area (Å²) in [5, 5.41) is 29.5. The largest absolute Gasteiger partial charge is 0.497 e. The molecule has 0 spiro atoms. The van der Waals surface area contributed by atoms with E-state index in [2.05, 4.69) is 16.0 Å². The van der Waals surface area contributed by atoms with Crippen LogP contribution in [0.1, 0.15) is 119 Å². The van der Waals surface area contributed by atoms with E-state index in [9.17, 15) is 53.4 Å². The predicted molar refractivity (Wildman–Crippen MR) is 261 cm³/mol. The minimum Gasteiger partial charge on any atom is -0.497 e. The van der Waals surface area contributed by atoms with Crippen molar-refractivity contribution >= 4 is 53.2 Å². The summed E-state index contributed by atoms with van der Waals surface area (Å²) in [6.45, 7) is 15.0. The fraction of sp³-hybridized carbons (Fsp3) is 0.706. The lowest BCUT2D eigenvalue weighted by atomic mass is 9.91. The molecule has 0 bridgehead atoms. The SMILES string of the molecule is CC[C@H](C)[C@H]1NC(=O)[C@@H](NC(=O)CCCCN(C)C(=O)[C@H](C)O)[C@@H](C)OC(=O)[C@H](Cc2ccc(OC)cc2)N(C)C(=O)[C@@H]2CCCN2C(=O)[C@H](CC(C)C)NC(=O)[C@@H](C)C(=O)[C@H](C(C)C)OC(=O)C[C@@H]1O. The molecule has 20 heteroatoms. The second kappa shape index (κ2) is 27.8. The molecule has 2 aliphatic rings. The van der Waals surface area contributed by atoms with E-state index in [0.29, 0.717) is 30.6 Å². The number of Topliss-reactive ketones (excluding diaryl/α,β-unsaturated/α-hetero) is 1. The van der Waals surface area contributed by atoms with Crippen molar-refractivity contribution in [1.29, 1.82) is 0 Å². The fourth-order valence-corrected chi connectivity index (χ4v) is 8.78. The Morgan fingerprint density at radius 1 is 0.930 bits per heavy atom. The van der Waals surface area contributed by atoms with E-state index in [-0.39, 0.29) is 51.1 Å². The second-order valence-electron chi connectivity index (χ2n) is 19.9. The van der Waals surface area contributed by atoms with Crippen molar-refractivity contribution in [2.45, 2.75) is 175 Å². The lowest BCUT2D eigenvalue weighted by Crippen LogP contribution is -2.59. The molecule has 6 amide bonds. The monoisotopic (exact) mass is 1000 g/mol. The van der Waals surface area contributed by atoms with E-state index in [1.54, 1.807) is 52.0 Å². The molecule has 398 valence electrons. The maximum Gasteiger partial charge on any atom is 0.329 e. The first-order valence-electron chi connectivity index (χ1n) is 25.0. The van der Waals surface area contributed by atoms with Gasteiger partial charge >= 0.3 is 11.9 Å². The smallest absolute Gasteiger partial charge is 0.329 e. The summed E-state index contributed by atoms with van der Waals surface area (Å²) in [5.74, 6) is -8.66. The fourth-order valence-electron chi connectivity index (χ4n) is 8.78. The number of nitrogens with zero attached hydrogens (tertiary/aromatic N) is 3. The molecule has 1 aromatic carbocycles. The van der Waals surface area contributed by atoms with Gasteiger partial charge in [0, 0.05) is 40.0 Å². The number of methoxy groups -OCH3 is 1. The van der Waals surface area contributed by atoms with Gasteiger partial charge in [-0.3, -0.25) is 38.4 Å². The average Bonchev–Trinajstić information content (AvgIpc) is 3.82.